The Labute approximate surface area is 468 Å². The summed E-state index contributed by atoms with van der Waals surface area (Å²) in [6.07, 6.45) is 77.6. The highest BCUT2D eigenvalue weighted by Gasteiger charge is 2.19. The molecular formula is C69H130O6. The number of ether oxygens (including phenoxy) is 3. The molecule has 0 bridgehead atoms. The largest absolute Gasteiger partial charge is 0.462 e. The highest BCUT2D eigenvalue weighted by Crippen LogP contribution is 2.18. The summed E-state index contributed by atoms with van der Waals surface area (Å²) >= 11 is 0. The van der Waals surface area contributed by atoms with Crippen molar-refractivity contribution < 1.29 is 28.6 Å². The van der Waals surface area contributed by atoms with E-state index in [1.807, 2.05) is 0 Å². The van der Waals surface area contributed by atoms with E-state index in [4.69, 9.17) is 14.2 Å². The summed E-state index contributed by atoms with van der Waals surface area (Å²) in [4.78, 5) is 38.4. The number of unbranched alkanes of at least 4 members (excludes halogenated alkanes) is 48. The summed E-state index contributed by atoms with van der Waals surface area (Å²) in [6.45, 7) is 6.71. The van der Waals surface area contributed by atoms with Gasteiger partial charge in [0.25, 0.3) is 0 Å². The Morgan fingerprint density at radius 2 is 0.440 bits per heavy atom. The van der Waals surface area contributed by atoms with Gasteiger partial charge < -0.3 is 14.2 Å². The van der Waals surface area contributed by atoms with Gasteiger partial charge in [0.15, 0.2) is 6.10 Å². The molecule has 0 radical (unpaired) electrons. The van der Waals surface area contributed by atoms with Gasteiger partial charge >= 0.3 is 17.9 Å². The van der Waals surface area contributed by atoms with Gasteiger partial charge in [0.05, 0.1) is 0 Å². The van der Waals surface area contributed by atoms with Crippen LogP contribution in [-0.4, -0.2) is 37.2 Å². The number of hydrogen-bond acceptors (Lipinski definition) is 6. The smallest absolute Gasteiger partial charge is 0.306 e. The van der Waals surface area contributed by atoms with Gasteiger partial charge in [-0.2, -0.15) is 0 Å². The van der Waals surface area contributed by atoms with Gasteiger partial charge in [-0.1, -0.05) is 315 Å². The van der Waals surface area contributed by atoms with Crippen LogP contribution in [0.4, 0.5) is 0 Å². The summed E-state index contributed by atoms with van der Waals surface area (Å²) in [6, 6.07) is 0. The van der Waals surface area contributed by atoms with E-state index in [9.17, 15) is 14.4 Å². The minimum Gasteiger partial charge on any atom is -0.462 e. The van der Waals surface area contributed by atoms with Crippen molar-refractivity contribution in [2.75, 3.05) is 13.2 Å². The van der Waals surface area contributed by atoms with E-state index >= 15 is 0 Å². The zero-order chi connectivity index (χ0) is 54.3. The summed E-state index contributed by atoms with van der Waals surface area (Å²) in [5.74, 6) is -0.841. The average molecular weight is 1060 g/mol. The Morgan fingerprint density at radius 3 is 0.667 bits per heavy atom. The number of carbonyl (C=O) groups excluding carboxylic acids is 3. The first kappa shape index (κ1) is 72.9. The van der Waals surface area contributed by atoms with Crippen LogP contribution in [0.15, 0.2) is 24.3 Å². The van der Waals surface area contributed by atoms with Crippen molar-refractivity contribution in [2.45, 2.75) is 386 Å². The van der Waals surface area contributed by atoms with Gasteiger partial charge in [-0.05, 0) is 70.6 Å². The fourth-order valence-corrected chi connectivity index (χ4v) is 10.3. The number of esters is 3. The molecule has 0 rings (SSSR count). The lowest BCUT2D eigenvalue weighted by Gasteiger charge is -2.18. The molecule has 0 aliphatic heterocycles. The number of rotatable bonds is 63. The molecule has 0 aliphatic carbocycles. The molecule has 0 fully saturated rings. The van der Waals surface area contributed by atoms with Crippen molar-refractivity contribution in [3.8, 4) is 0 Å². The molecule has 6 nitrogen and oxygen atoms in total. The zero-order valence-corrected chi connectivity index (χ0v) is 50.8. The van der Waals surface area contributed by atoms with E-state index in [-0.39, 0.29) is 31.1 Å². The molecule has 75 heavy (non-hydrogen) atoms. The summed E-state index contributed by atoms with van der Waals surface area (Å²) in [5, 5.41) is 0. The summed E-state index contributed by atoms with van der Waals surface area (Å²) in [5.41, 5.74) is 0. The van der Waals surface area contributed by atoms with Crippen molar-refractivity contribution in [1.29, 1.82) is 0 Å². The third kappa shape index (κ3) is 62.6. The minimum atomic E-state index is -0.771. The van der Waals surface area contributed by atoms with Gasteiger partial charge in [-0.15, -0.1) is 0 Å². The standard InChI is InChI=1S/C69H130O6/c1-4-7-10-13-16-19-22-25-28-31-34-37-40-43-46-49-52-55-58-61-67(70)73-64-66(75-69(72)63-60-57-54-51-48-45-42-39-36-33-30-27-24-21-18-15-12-9-6-3)65-74-68(71)62-59-56-53-50-47-44-41-38-35-32-29-26-23-20-17-14-11-8-5-2/h25,27-28,30,66H,4-24,26,29,31-65H2,1-3H3/b28-25+,30-27+/t66-/m0/s1. The first-order valence-corrected chi connectivity index (χ1v) is 33.8. The maximum absolute atomic E-state index is 12.9. The summed E-state index contributed by atoms with van der Waals surface area (Å²) in [7, 11) is 0. The second-order valence-electron chi connectivity index (χ2n) is 23.1. The van der Waals surface area contributed by atoms with Crippen molar-refractivity contribution in [1.82, 2.24) is 0 Å². The Morgan fingerprint density at radius 1 is 0.253 bits per heavy atom. The van der Waals surface area contributed by atoms with Crippen molar-refractivity contribution in [2.24, 2.45) is 0 Å². The molecule has 0 aromatic rings. The maximum atomic E-state index is 12.9. The molecule has 0 spiro atoms. The van der Waals surface area contributed by atoms with Crippen molar-refractivity contribution in [3.63, 3.8) is 0 Å². The average Bonchev–Trinajstić information content (AvgIpc) is 3.41. The van der Waals surface area contributed by atoms with Crippen LogP contribution in [0.1, 0.15) is 380 Å². The number of carbonyl (C=O) groups is 3. The first-order chi connectivity index (χ1) is 37.0. The normalized spacial score (nSPS) is 12.1. The SMILES string of the molecule is CCCCCCCC/C=C/CCCCCCCCCCCC(=O)OC[C@@H](COC(=O)CCCCCCCCCCCCCCCCCCCCC)OC(=O)CCCCCCCCCCC/C=C/CCCCCCCC. The van der Waals surface area contributed by atoms with Crippen LogP contribution in [-0.2, 0) is 28.6 Å². The Bertz CT molecular complexity index is 1210. The van der Waals surface area contributed by atoms with Crippen LogP contribution in [0.25, 0.3) is 0 Å². The Kier molecular flexibility index (Phi) is 62.6. The van der Waals surface area contributed by atoms with Gasteiger partial charge in [0.2, 0.25) is 0 Å². The molecule has 1 atom stereocenters. The van der Waals surface area contributed by atoms with Crippen LogP contribution < -0.4 is 0 Å². The van der Waals surface area contributed by atoms with Gasteiger partial charge in [0.1, 0.15) is 13.2 Å². The van der Waals surface area contributed by atoms with E-state index in [1.165, 1.54) is 283 Å². The third-order valence-corrected chi connectivity index (χ3v) is 15.4. The molecule has 0 aliphatic rings. The van der Waals surface area contributed by atoms with E-state index in [0.29, 0.717) is 19.3 Å². The topological polar surface area (TPSA) is 78.9 Å². The zero-order valence-electron chi connectivity index (χ0n) is 50.8. The molecule has 0 heterocycles. The predicted molar refractivity (Wildman–Crippen MR) is 326 cm³/mol. The van der Waals surface area contributed by atoms with Crippen LogP contribution in [0.5, 0.6) is 0 Å². The second-order valence-corrected chi connectivity index (χ2v) is 23.1. The first-order valence-electron chi connectivity index (χ1n) is 33.8. The van der Waals surface area contributed by atoms with E-state index < -0.39 is 6.10 Å². The quantitative estimate of drug-likeness (QED) is 0.0261. The third-order valence-electron chi connectivity index (χ3n) is 15.4. The molecule has 0 aromatic carbocycles. The minimum absolute atomic E-state index is 0.0670. The fourth-order valence-electron chi connectivity index (χ4n) is 10.3. The van der Waals surface area contributed by atoms with Crippen LogP contribution >= 0.6 is 0 Å². The van der Waals surface area contributed by atoms with E-state index in [0.717, 1.165) is 57.8 Å². The number of hydrogen-bond donors (Lipinski definition) is 0. The molecule has 0 aromatic heterocycles. The fraction of sp³-hybridized carbons (Fsp3) is 0.899. The molecular weight excluding hydrogens is 925 g/mol. The lowest BCUT2D eigenvalue weighted by Crippen LogP contribution is -2.30. The highest BCUT2D eigenvalue weighted by atomic mass is 16.6. The molecule has 0 amide bonds. The van der Waals surface area contributed by atoms with Gasteiger partial charge in [-0.3, -0.25) is 14.4 Å². The molecule has 0 unspecified atom stereocenters. The van der Waals surface area contributed by atoms with Gasteiger partial charge in [-0.25, -0.2) is 0 Å². The van der Waals surface area contributed by atoms with Crippen molar-refractivity contribution >= 4 is 17.9 Å². The molecule has 0 N–H and O–H groups in total. The van der Waals surface area contributed by atoms with Crippen LogP contribution in [0.2, 0.25) is 0 Å². The predicted octanol–water partition coefficient (Wildman–Crippen LogP) is 23.0. The highest BCUT2D eigenvalue weighted by molar-refractivity contribution is 5.71. The lowest BCUT2D eigenvalue weighted by atomic mass is 10.0. The van der Waals surface area contributed by atoms with Crippen LogP contribution in [0.3, 0.4) is 0 Å². The van der Waals surface area contributed by atoms with Gasteiger partial charge in [0, 0.05) is 19.3 Å². The Hall–Kier alpha value is -2.11. The monoisotopic (exact) mass is 1050 g/mol. The van der Waals surface area contributed by atoms with E-state index in [1.54, 1.807) is 0 Å². The molecule has 0 saturated heterocycles. The van der Waals surface area contributed by atoms with Crippen LogP contribution in [0, 0.1) is 0 Å². The lowest BCUT2D eigenvalue weighted by molar-refractivity contribution is -0.167. The molecule has 442 valence electrons. The Balaban J connectivity index is 4.32. The number of allylic oxidation sites excluding steroid dienone is 4. The maximum Gasteiger partial charge on any atom is 0.306 e. The second kappa shape index (κ2) is 64.4. The van der Waals surface area contributed by atoms with Crippen molar-refractivity contribution in [3.05, 3.63) is 24.3 Å². The van der Waals surface area contributed by atoms with E-state index in [2.05, 4.69) is 45.1 Å². The summed E-state index contributed by atoms with van der Waals surface area (Å²) < 4.78 is 17.0. The molecule has 0 saturated carbocycles. The molecule has 6 heteroatoms.